The van der Waals surface area contributed by atoms with Gasteiger partial charge in [-0.2, -0.15) is 0 Å². The average molecular weight is 523 g/mol. The van der Waals surface area contributed by atoms with Gasteiger partial charge in [0.2, 0.25) is 0 Å². The number of carbonyl (C=O) groups excluding carboxylic acids is 1. The van der Waals surface area contributed by atoms with Crippen LogP contribution in [0.3, 0.4) is 0 Å². The standard InChI is InChI=1S/C30H34O8/c1-18-22-14-21(26(29(31)34-4)30(35-5)36-6)16-25(33-3)28(22)38-27(18)20-12-13-23(24(15-20)32-2)37-17-19-10-8-7-9-11-19/h7-16,18,26-27,30H,17H2,1-6H3/t18-,26?,27-/m1/s1. The molecule has 0 N–H and O–H groups in total. The molecule has 0 amide bonds. The Balaban J connectivity index is 1.64. The topological polar surface area (TPSA) is 81.7 Å². The largest absolute Gasteiger partial charge is 0.493 e. The smallest absolute Gasteiger partial charge is 0.318 e. The SMILES string of the molecule is COC(=O)C(c1cc(OC)c2c(c1)[C@@H](C)[C@H](c1ccc(OCc3ccccc3)c(OC)c1)O2)C(OC)OC. The van der Waals surface area contributed by atoms with Crippen LogP contribution in [0.1, 0.15) is 47.1 Å². The Hall–Kier alpha value is -3.75. The molecule has 3 atom stereocenters. The molecule has 8 nitrogen and oxygen atoms in total. The van der Waals surface area contributed by atoms with Crippen LogP contribution in [0.15, 0.2) is 60.7 Å². The van der Waals surface area contributed by atoms with Crippen molar-refractivity contribution in [2.24, 2.45) is 0 Å². The van der Waals surface area contributed by atoms with E-state index in [-0.39, 0.29) is 12.0 Å². The monoisotopic (exact) mass is 522 g/mol. The molecule has 1 aliphatic rings. The third kappa shape index (κ3) is 5.42. The van der Waals surface area contributed by atoms with Crippen LogP contribution < -0.4 is 18.9 Å². The van der Waals surface area contributed by atoms with E-state index in [9.17, 15) is 4.79 Å². The summed E-state index contributed by atoms with van der Waals surface area (Å²) in [5.74, 6) is 1.08. The number of rotatable bonds is 11. The fraction of sp³-hybridized carbons (Fsp3) is 0.367. The van der Waals surface area contributed by atoms with Gasteiger partial charge in [0.15, 0.2) is 29.3 Å². The van der Waals surface area contributed by atoms with Crippen molar-refractivity contribution in [2.75, 3.05) is 35.5 Å². The Kier molecular flexibility index (Phi) is 8.76. The van der Waals surface area contributed by atoms with E-state index in [1.807, 2.05) is 54.6 Å². The molecule has 0 aromatic heterocycles. The summed E-state index contributed by atoms with van der Waals surface area (Å²) in [6.45, 7) is 2.51. The molecule has 0 saturated carbocycles. The quantitative estimate of drug-likeness (QED) is 0.245. The molecule has 38 heavy (non-hydrogen) atoms. The summed E-state index contributed by atoms with van der Waals surface area (Å²) in [7, 11) is 7.49. The molecule has 0 fully saturated rings. The molecule has 1 unspecified atom stereocenters. The summed E-state index contributed by atoms with van der Waals surface area (Å²) < 4.78 is 39.7. The van der Waals surface area contributed by atoms with E-state index in [4.69, 9.17) is 33.2 Å². The number of hydrogen-bond donors (Lipinski definition) is 0. The van der Waals surface area contributed by atoms with Crippen molar-refractivity contribution < 1.29 is 38.0 Å². The molecule has 4 rings (SSSR count). The summed E-state index contributed by atoms with van der Waals surface area (Å²) in [5.41, 5.74) is 3.56. The lowest BCUT2D eigenvalue weighted by molar-refractivity contribution is -0.163. The number of methoxy groups -OCH3 is 5. The van der Waals surface area contributed by atoms with E-state index in [1.54, 1.807) is 20.3 Å². The van der Waals surface area contributed by atoms with Gasteiger partial charge in [0, 0.05) is 25.7 Å². The van der Waals surface area contributed by atoms with Crippen LogP contribution in [0.2, 0.25) is 0 Å². The number of benzene rings is 3. The average Bonchev–Trinajstić information content (AvgIpc) is 3.30. The first-order valence-corrected chi connectivity index (χ1v) is 12.3. The molecule has 3 aromatic rings. The van der Waals surface area contributed by atoms with Crippen LogP contribution in [-0.4, -0.2) is 47.8 Å². The summed E-state index contributed by atoms with van der Waals surface area (Å²) in [5, 5.41) is 0. The molecule has 0 radical (unpaired) electrons. The number of hydrogen-bond acceptors (Lipinski definition) is 8. The van der Waals surface area contributed by atoms with Crippen LogP contribution in [0, 0.1) is 0 Å². The highest BCUT2D eigenvalue weighted by molar-refractivity contribution is 5.79. The predicted molar refractivity (Wildman–Crippen MR) is 141 cm³/mol. The first kappa shape index (κ1) is 27.3. The summed E-state index contributed by atoms with van der Waals surface area (Å²) in [6.07, 6.45) is -1.13. The minimum absolute atomic E-state index is 0.0542. The van der Waals surface area contributed by atoms with Gasteiger partial charge >= 0.3 is 5.97 Å². The zero-order valence-corrected chi connectivity index (χ0v) is 22.6. The van der Waals surface area contributed by atoms with Crippen molar-refractivity contribution in [3.8, 4) is 23.0 Å². The Bertz CT molecular complexity index is 1240. The van der Waals surface area contributed by atoms with Gasteiger partial charge in [0.05, 0.1) is 21.3 Å². The zero-order valence-electron chi connectivity index (χ0n) is 22.6. The van der Waals surface area contributed by atoms with Crippen LogP contribution in [0.5, 0.6) is 23.0 Å². The van der Waals surface area contributed by atoms with Gasteiger partial charge in [-0.25, -0.2) is 0 Å². The first-order chi connectivity index (χ1) is 18.4. The van der Waals surface area contributed by atoms with E-state index < -0.39 is 18.2 Å². The summed E-state index contributed by atoms with van der Waals surface area (Å²) in [6, 6.07) is 19.5. The maximum Gasteiger partial charge on any atom is 0.318 e. The van der Waals surface area contributed by atoms with Crippen LogP contribution in [-0.2, 0) is 25.6 Å². The van der Waals surface area contributed by atoms with E-state index in [0.717, 1.165) is 16.7 Å². The lowest BCUT2D eigenvalue weighted by Gasteiger charge is -2.24. The maximum absolute atomic E-state index is 12.7. The lowest BCUT2D eigenvalue weighted by Crippen LogP contribution is -2.30. The van der Waals surface area contributed by atoms with Crippen LogP contribution in [0.4, 0.5) is 0 Å². The molecule has 8 heteroatoms. The Morgan fingerprint density at radius 1 is 0.868 bits per heavy atom. The molecule has 0 bridgehead atoms. The third-order valence-corrected chi connectivity index (χ3v) is 6.82. The number of fused-ring (bicyclic) bond motifs is 1. The minimum Gasteiger partial charge on any atom is -0.493 e. The van der Waals surface area contributed by atoms with Gasteiger partial charge in [-0.3, -0.25) is 4.79 Å². The molecule has 1 heterocycles. The zero-order chi connectivity index (χ0) is 27.2. The van der Waals surface area contributed by atoms with Crippen LogP contribution in [0.25, 0.3) is 0 Å². The molecule has 3 aromatic carbocycles. The second kappa shape index (κ2) is 12.2. The second-order valence-electron chi connectivity index (χ2n) is 8.99. The van der Waals surface area contributed by atoms with Gasteiger partial charge in [-0.05, 0) is 34.9 Å². The van der Waals surface area contributed by atoms with Gasteiger partial charge < -0.3 is 33.2 Å². The highest BCUT2D eigenvalue weighted by Gasteiger charge is 2.39. The van der Waals surface area contributed by atoms with Crippen LogP contribution >= 0.6 is 0 Å². The molecular weight excluding hydrogens is 488 g/mol. The lowest BCUT2D eigenvalue weighted by atomic mass is 9.88. The second-order valence-corrected chi connectivity index (χ2v) is 8.99. The highest BCUT2D eigenvalue weighted by atomic mass is 16.7. The van der Waals surface area contributed by atoms with Gasteiger partial charge in [0.1, 0.15) is 18.6 Å². The van der Waals surface area contributed by atoms with E-state index in [1.165, 1.54) is 21.3 Å². The Morgan fingerprint density at radius 3 is 2.21 bits per heavy atom. The van der Waals surface area contributed by atoms with E-state index in [2.05, 4.69) is 6.92 Å². The van der Waals surface area contributed by atoms with Crippen molar-refractivity contribution in [3.63, 3.8) is 0 Å². The highest BCUT2D eigenvalue weighted by Crippen LogP contribution is 2.52. The van der Waals surface area contributed by atoms with Gasteiger partial charge in [0.25, 0.3) is 0 Å². The Labute approximate surface area is 223 Å². The normalized spacial score (nSPS) is 16.9. The number of ether oxygens (including phenoxy) is 7. The van der Waals surface area contributed by atoms with Crippen molar-refractivity contribution in [1.29, 1.82) is 0 Å². The molecular formula is C30H34O8. The fourth-order valence-corrected chi connectivity index (χ4v) is 4.81. The Morgan fingerprint density at radius 2 is 1.58 bits per heavy atom. The van der Waals surface area contributed by atoms with Crippen molar-refractivity contribution in [3.05, 3.63) is 82.9 Å². The number of esters is 1. The molecule has 0 aliphatic carbocycles. The molecule has 0 saturated heterocycles. The number of carbonyl (C=O) groups is 1. The fourth-order valence-electron chi connectivity index (χ4n) is 4.81. The maximum atomic E-state index is 12.7. The van der Waals surface area contributed by atoms with Crippen molar-refractivity contribution in [1.82, 2.24) is 0 Å². The van der Waals surface area contributed by atoms with E-state index >= 15 is 0 Å². The van der Waals surface area contributed by atoms with Crippen molar-refractivity contribution >= 4 is 5.97 Å². The molecule has 202 valence electrons. The predicted octanol–water partition coefficient (Wildman–Crippen LogP) is 5.40. The van der Waals surface area contributed by atoms with E-state index in [0.29, 0.717) is 35.2 Å². The summed E-state index contributed by atoms with van der Waals surface area (Å²) >= 11 is 0. The summed E-state index contributed by atoms with van der Waals surface area (Å²) in [4.78, 5) is 12.7. The van der Waals surface area contributed by atoms with Gasteiger partial charge in [-0.1, -0.05) is 49.4 Å². The molecule has 0 spiro atoms. The minimum atomic E-state index is -0.827. The third-order valence-electron chi connectivity index (χ3n) is 6.82. The molecule has 1 aliphatic heterocycles. The van der Waals surface area contributed by atoms with Gasteiger partial charge in [-0.15, -0.1) is 0 Å². The first-order valence-electron chi connectivity index (χ1n) is 12.3. The van der Waals surface area contributed by atoms with Crippen molar-refractivity contribution in [2.45, 2.75) is 37.8 Å².